The van der Waals surface area contributed by atoms with E-state index < -0.39 is 24.0 Å². The van der Waals surface area contributed by atoms with Gasteiger partial charge in [0.05, 0.1) is 11.3 Å². The van der Waals surface area contributed by atoms with Crippen LogP contribution in [0.1, 0.15) is 27.4 Å². The molecule has 0 amide bonds. The van der Waals surface area contributed by atoms with E-state index in [0.717, 1.165) is 17.0 Å². The zero-order valence-corrected chi connectivity index (χ0v) is 17.7. The summed E-state index contributed by atoms with van der Waals surface area (Å²) in [5.74, 6) is -1.53. The van der Waals surface area contributed by atoms with Gasteiger partial charge in [-0.2, -0.15) is 5.10 Å². The van der Waals surface area contributed by atoms with Gasteiger partial charge < -0.3 is 0 Å². The minimum absolute atomic E-state index is 0.00478. The molecule has 2 aliphatic rings. The smallest absolute Gasteiger partial charge is 0.242 e. The van der Waals surface area contributed by atoms with E-state index in [1.165, 1.54) is 23.6 Å². The third-order valence-corrected chi connectivity index (χ3v) is 7.13. The fourth-order valence-corrected chi connectivity index (χ4v) is 5.85. The van der Waals surface area contributed by atoms with E-state index in [4.69, 9.17) is 0 Å². The van der Waals surface area contributed by atoms with Crippen LogP contribution in [0.5, 0.6) is 0 Å². The summed E-state index contributed by atoms with van der Waals surface area (Å²) in [5, 5.41) is 17.1. The van der Waals surface area contributed by atoms with Crippen molar-refractivity contribution in [1.82, 2.24) is 25.0 Å². The van der Waals surface area contributed by atoms with Crippen LogP contribution in [0.3, 0.4) is 0 Å². The van der Waals surface area contributed by atoms with Gasteiger partial charge in [0.1, 0.15) is 28.9 Å². The van der Waals surface area contributed by atoms with Crippen LogP contribution in [0.4, 0.5) is 17.6 Å². The molecule has 0 spiro atoms. The van der Waals surface area contributed by atoms with Gasteiger partial charge >= 0.3 is 0 Å². The summed E-state index contributed by atoms with van der Waals surface area (Å²) in [5.41, 5.74) is 1.38. The summed E-state index contributed by atoms with van der Waals surface area (Å²) in [6, 6.07) is 7.02. The third kappa shape index (κ3) is 3.10. The number of aliphatic imine (C=N–C) groups is 1. The van der Waals surface area contributed by atoms with Crippen LogP contribution in [0, 0.1) is 17.6 Å². The second-order valence-electron chi connectivity index (χ2n) is 7.83. The lowest BCUT2D eigenvalue weighted by molar-refractivity contribution is 0.0826. The molecule has 0 radical (unpaired) electrons. The van der Waals surface area contributed by atoms with Crippen LogP contribution < -0.4 is 0 Å². The zero-order valence-electron chi connectivity index (χ0n) is 16.8. The Balaban J connectivity index is 1.62. The molecule has 33 heavy (non-hydrogen) atoms. The number of fused-ring (bicyclic) bond motifs is 5. The Hall–Kier alpha value is -3.47. The Morgan fingerprint density at radius 2 is 1.79 bits per heavy atom. The summed E-state index contributed by atoms with van der Waals surface area (Å²) < 4.78 is 58.5. The monoisotopic (exact) mass is 470 g/mol. The first-order valence-electron chi connectivity index (χ1n) is 10.2. The highest BCUT2D eigenvalue weighted by Gasteiger charge is 2.38. The van der Waals surface area contributed by atoms with Crippen LogP contribution in [0.2, 0.25) is 0 Å². The molecular weight excluding hydrogens is 456 g/mol. The first-order valence-corrected chi connectivity index (χ1v) is 11.0. The Morgan fingerprint density at radius 3 is 2.52 bits per heavy atom. The SMILES string of the molecule is Fc1cccc(F)c1C1=NCc2nnc(-c3cccnn3)n2-c2sc3c(c21)C[C@@H](C(F)F)C3. The maximum Gasteiger partial charge on any atom is 0.242 e. The van der Waals surface area contributed by atoms with Gasteiger partial charge in [-0.15, -0.1) is 26.6 Å². The molecule has 3 aromatic heterocycles. The Bertz CT molecular complexity index is 1390. The van der Waals surface area contributed by atoms with Gasteiger partial charge in [-0.25, -0.2) is 17.6 Å². The van der Waals surface area contributed by atoms with Crippen molar-refractivity contribution < 1.29 is 17.6 Å². The lowest BCUT2D eigenvalue weighted by Crippen LogP contribution is -2.14. The number of nitrogens with zero attached hydrogens (tertiary/aromatic N) is 6. The van der Waals surface area contributed by atoms with Gasteiger partial charge in [0, 0.05) is 22.6 Å². The molecule has 0 bridgehead atoms. The van der Waals surface area contributed by atoms with E-state index in [1.807, 2.05) is 0 Å². The first kappa shape index (κ1) is 20.2. The van der Waals surface area contributed by atoms with Gasteiger partial charge in [0.25, 0.3) is 0 Å². The van der Waals surface area contributed by atoms with Gasteiger partial charge in [-0.05, 0) is 42.7 Å². The van der Waals surface area contributed by atoms with E-state index in [1.54, 1.807) is 16.7 Å². The average molecular weight is 470 g/mol. The van der Waals surface area contributed by atoms with Crippen molar-refractivity contribution in [3.8, 4) is 16.5 Å². The molecule has 166 valence electrons. The van der Waals surface area contributed by atoms with Gasteiger partial charge in [0.2, 0.25) is 6.43 Å². The molecule has 1 aliphatic heterocycles. The molecule has 1 aliphatic carbocycles. The van der Waals surface area contributed by atoms with Crippen LogP contribution in [-0.4, -0.2) is 37.1 Å². The predicted octanol–water partition coefficient (Wildman–Crippen LogP) is 4.39. The summed E-state index contributed by atoms with van der Waals surface area (Å²) >= 11 is 1.30. The summed E-state index contributed by atoms with van der Waals surface area (Å²) in [6.45, 7) is 0.00478. The molecule has 1 aromatic carbocycles. The van der Waals surface area contributed by atoms with Crippen molar-refractivity contribution in [1.29, 1.82) is 0 Å². The van der Waals surface area contributed by atoms with Crippen LogP contribution in [-0.2, 0) is 19.4 Å². The predicted molar refractivity (Wildman–Crippen MR) is 113 cm³/mol. The minimum Gasteiger partial charge on any atom is -0.276 e. The van der Waals surface area contributed by atoms with E-state index >= 15 is 0 Å². The highest BCUT2D eigenvalue weighted by molar-refractivity contribution is 7.15. The molecular formula is C22H14F4N6S. The number of benzene rings is 1. The Morgan fingerprint density at radius 1 is 0.970 bits per heavy atom. The van der Waals surface area contributed by atoms with E-state index in [0.29, 0.717) is 33.5 Å². The van der Waals surface area contributed by atoms with Crippen molar-refractivity contribution in [2.75, 3.05) is 0 Å². The first-order chi connectivity index (χ1) is 16.0. The van der Waals surface area contributed by atoms with Crippen molar-refractivity contribution in [2.24, 2.45) is 10.9 Å². The molecule has 0 fully saturated rings. The number of rotatable bonds is 3. The normalized spacial score (nSPS) is 16.9. The highest BCUT2D eigenvalue weighted by atomic mass is 32.1. The molecule has 4 aromatic rings. The molecule has 4 heterocycles. The van der Waals surface area contributed by atoms with Gasteiger partial charge in [-0.1, -0.05) is 6.07 Å². The number of hydrogen-bond acceptors (Lipinski definition) is 6. The molecule has 0 saturated carbocycles. The maximum atomic E-state index is 14.8. The maximum absolute atomic E-state index is 14.8. The molecule has 0 N–H and O–H groups in total. The van der Waals surface area contributed by atoms with Crippen molar-refractivity contribution in [3.05, 3.63) is 75.6 Å². The van der Waals surface area contributed by atoms with Crippen LogP contribution >= 0.6 is 11.3 Å². The Kier molecular flexibility index (Phi) is 4.61. The quantitative estimate of drug-likeness (QED) is 0.417. The highest BCUT2D eigenvalue weighted by Crippen LogP contribution is 2.45. The number of thiophene rings is 1. The molecule has 0 unspecified atom stereocenters. The van der Waals surface area contributed by atoms with E-state index in [-0.39, 0.29) is 30.7 Å². The molecule has 1 atom stereocenters. The Labute approximate surface area is 188 Å². The summed E-state index contributed by atoms with van der Waals surface area (Å²) in [7, 11) is 0. The third-order valence-electron chi connectivity index (χ3n) is 5.89. The standard InChI is InChI=1S/C22H14F4N6S/c23-12-3-1-4-13(24)18(12)19-17-11-7-10(20(25)26)8-15(11)33-22(17)32-16(9-27-19)30-31-21(32)14-5-2-6-28-29-14/h1-6,10,20H,7-9H2/t10-/m1/s1. The average Bonchev–Trinajstić information content (AvgIpc) is 3.47. The second-order valence-corrected chi connectivity index (χ2v) is 8.92. The molecule has 6 nitrogen and oxygen atoms in total. The summed E-state index contributed by atoms with van der Waals surface area (Å²) in [4.78, 5) is 5.27. The fourth-order valence-electron chi connectivity index (χ4n) is 4.41. The minimum atomic E-state index is -2.49. The lowest BCUT2D eigenvalue weighted by atomic mass is 9.97. The van der Waals surface area contributed by atoms with E-state index in [2.05, 4.69) is 25.4 Å². The van der Waals surface area contributed by atoms with Crippen molar-refractivity contribution >= 4 is 17.0 Å². The second kappa shape index (κ2) is 7.55. The number of halogens is 4. The molecule has 6 rings (SSSR count). The van der Waals surface area contributed by atoms with Crippen LogP contribution in [0.15, 0.2) is 41.5 Å². The number of aromatic nitrogens is 5. The summed E-state index contributed by atoms with van der Waals surface area (Å²) in [6.07, 6.45) is -0.667. The topological polar surface area (TPSA) is 68.8 Å². The van der Waals surface area contributed by atoms with Crippen molar-refractivity contribution in [3.63, 3.8) is 0 Å². The van der Waals surface area contributed by atoms with Crippen molar-refractivity contribution in [2.45, 2.75) is 25.8 Å². The zero-order chi connectivity index (χ0) is 22.7. The van der Waals surface area contributed by atoms with E-state index in [9.17, 15) is 17.6 Å². The van der Waals surface area contributed by atoms with Gasteiger partial charge in [0.15, 0.2) is 11.6 Å². The van der Waals surface area contributed by atoms with Crippen LogP contribution in [0.25, 0.3) is 16.5 Å². The molecule has 11 heteroatoms. The van der Waals surface area contributed by atoms with Gasteiger partial charge in [-0.3, -0.25) is 9.56 Å². The number of hydrogen-bond donors (Lipinski definition) is 0. The molecule has 0 saturated heterocycles. The largest absolute Gasteiger partial charge is 0.276 e. The lowest BCUT2D eigenvalue weighted by Gasteiger charge is -2.13. The fraction of sp³-hybridized carbons (Fsp3) is 0.227. The number of alkyl halides is 2.